The third-order valence-electron chi connectivity index (χ3n) is 7.43. The van der Waals surface area contributed by atoms with E-state index in [0.29, 0.717) is 53.7 Å². The highest BCUT2D eigenvalue weighted by molar-refractivity contribution is 7.22. The van der Waals surface area contributed by atoms with Crippen molar-refractivity contribution in [1.29, 1.82) is 0 Å². The van der Waals surface area contributed by atoms with Gasteiger partial charge in [-0.15, -0.1) is 0 Å². The van der Waals surface area contributed by atoms with E-state index in [0.717, 1.165) is 27.0 Å². The Kier molecular flexibility index (Phi) is 6.84. The first-order chi connectivity index (χ1) is 21.0. The third kappa shape index (κ3) is 5.33. The zero-order valence-electron chi connectivity index (χ0n) is 22.8. The molecule has 1 amide bonds. The van der Waals surface area contributed by atoms with Gasteiger partial charge in [0.05, 0.1) is 28.7 Å². The first-order valence-electron chi connectivity index (χ1n) is 13.7. The molecule has 0 spiro atoms. The number of carboxylic acids is 1. The fourth-order valence-electron chi connectivity index (χ4n) is 5.35. The predicted molar refractivity (Wildman–Crippen MR) is 165 cm³/mol. The number of carbonyl (C=O) groups is 2. The number of para-hydroxylation sites is 1. The molecule has 7 rings (SSSR count). The van der Waals surface area contributed by atoms with Crippen LogP contribution >= 0.6 is 11.3 Å². The van der Waals surface area contributed by atoms with Crippen LogP contribution in [0.1, 0.15) is 37.7 Å². The molecule has 0 fully saturated rings. The van der Waals surface area contributed by atoms with Gasteiger partial charge in [-0.25, -0.2) is 14.8 Å². The molecule has 0 saturated heterocycles. The van der Waals surface area contributed by atoms with Crippen LogP contribution in [0.2, 0.25) is 0 Å². The van der Waals surface area contributed by atoms with Crippen molar-refractivity contribution in [3.8, 4) is 11.1 Å². The summed E-state index contributed by atoms with van der Waals surface area (Å²) in [6.45, 7) is 1.53. The number of thiazole rings is 1. The van der Waals surface area contributed by atoms with Crippen molar-refractivity contribution >= 4 is 44.4 Å². The minimum Gasteiger partial charge on any atom is -0.476 e. The summed E-state index contributed by atoms with van der Waals surface area (Å²) in [7, 11) is 0. The summed E-state index contributed by atoms with van der Waals surface area (Å²) in [5, 5.41) is 18.0. The van der Waals surface area contributed by atoms with Crippen LogP contribution in [0, 0.1) is 0 Å². The highest BCUT2D eigenvalue weighted by Crippen LogP contribution is 2.31. The summed E-state index contributed by atoms with van der Waals surface area (Å²) in [6, 6.07) is 22.8. The molecular formula is C32H25N7O3S. The van der Waals surface area contributed by atoms with E-state index in [2.05, 4.69) is 25.4 Å². The fraction of sp³-hybridized carbons (Fsp3) is 0.125. The van der Waals surface area contributed by atoms with E-state index < -0.39 is 5.97 Å². The number of hydrogen-bond donors (Lipinski definition) is 2. The molecule has 0 unspecified atom stereocenters. The van der Waals surface area contributed by atoms with E-state index in [1.165, 1.54) is 11.3 Å². The Hall–Kier alpha value is -5.42. The molecular weight excluding hydrogens is 562 g/mol. The second-order valence-electron chi connectivity index (χ2n) is 10.2. The maximum Gasteiger partial charge on any atom is 0.355 e. The molecule has 43 heavy (non-hydrogen) atoms. The number of carboxylic acid groups (broad SMARTS) is 1. The van der Waals surface area contributed by atoms with E-state index in [9.17, 15) is 14.7 Å². The molecule has 1 aliphatic rings. The van der Waals surface area contributed by atoms with Gasteiger partial charge in [0.25, 0.3) is 5.91 Å². The summed E-state index contributed by atoms with van der Waals surface area (Å²) >= 11 is 1.43. The molecule has 0 atom stereocenters. The molecule has 5 heterocycles. The molecule has 2 aromatic carbocycles. The Morgan fingerprint density at radius 3 is 2.70 bits per heavy atom. The first kappa shape index (κ1) is 26.5. The monoisotopic (exact) mass is 587 g/mol. The number of aromatic carboxylic acids is 1. The van der Waals surface area contributed by atoms with Gasteiger partial charge in [0, 0.05) is 42.2 Å². The SMILES string of the molecule is O=C(Nc1nc2ccccc2s1)c1cccc2c1CN(c1ccc(-c3cnn(Cc4ccccn4)c3)c(C(=O)O)n1)CC2. The van der Waals surface area contributed by atoms with Gasteiger partial charge in [-0.2, -0.15) is 5.10 Å². The summed E-state index contributed by atoms with van der Waals surface area (Å²) in [6.07, 6.45) is 5.86. The first-order valence-corrected chi connectivity index (χ1v) is 14.5. The van der Waals surface area contributed by atoms with Crippen molar-refractivity contribution in [1.82, 2.24) is 24.7 Å². The van der Waals surface area contributed by atoms with Crippen molar-refractivity contribution in [3.05, 3.63) is 119 Å². The lowest BCUT2D eigenvalue weighted by molar-refractivity contribution is 0.0691. The Morgan fingerprint density at radius 2 is 1.86 bits per heavy atom. The largest absolute Gasteiger partial charge is 0.476 e. The van der Waals surface area contributed by atoms with E-state index in [4.69, 9.17) is 0 Å². The number of aromatic nitrogens is 5. The van der Waals surface area contributed by atoms with Gasteiger partial charge in [0.2, 0.25) is 0 Å². The number of carbonyl (C=O) groups excluding carboxylic acids is 1. The topological polar surface area (TPSA) is 126 Å². The van der Waals surface area contributed by atoms with Crippen LogP contribution in [0.3, 0.4) is 0 Å². The second-order valence-corrected chi connectivity index (χ2v) is 11.2. The van der Waals surface area contributed by atoms with Crippen LogP contribution in [0.5, 0.6) is 0 Å². The lowest BCUT2D eigenvalue weighted by Gasteiger charge is -2.31. The van der Waals surface area contributed by atoms with Crippen LogP contribution < -0.4 is 10.2 Å². The van der Waals surface area contributed by atoms with Gasteiger partial charge in [-0.1, -0.05) is 41.7 Å². The molecule has 0 bridgehead atoms. The number of amides is 1. The maximum atomic E-state index is 13.4. The zero-order valence-corrected chi connectivity index (χ0v) is 23.7. The van der Waals surface area contributed by atoms with Crippen molar-refractivity contribution in [2.75, 3.05) is 16.8 Å². The molecule has 10 nitrogen and oxygen atoms in total. The zero-order chi connectivity index (χ0) is 29.3. The Labute approximate surface area is 250 Å². The number of rotatable bonds is 7. The van der Waals surface area contributed by atoms with Crippen LogP contribution in [0.15, 0.2) is 91.4 Å². The Morgan fingerprint density at radius 1 is 0.977 bits per heavy atom. The van der Waals surface area contributed by atoms with Gasteiger partial charge in [-0.05, 0) is 60.0 Å². The van der Waals surface area contributed by atoms with E-state index in [1.54, 1.807) is 29.3 Å². The molecule has 0 radical (unpaired) electrons. The Balaban J connectivity index is 1.14. The predicted octanol–water partition coefficient (Wildman–Crippen LogP) is 5.51. The van der Waals surface area contributed by atoms with Gasteiger partial charge >= 0.3 is 5.97 Å². The Bertz CT molecular complexity index is 1950. The molecule has 2 N–H and O–H groups in total. The van der Waals surface area contributed by atoms with E-state index in [1.807, 2.05) is 71.6 Å². The number of nitrogens with zero attached hydrogens (tertiary/aromatic N) is 6. The highest BCUT2D eigenvalue weighted by atomic mass is 32.1. The van der Waals surface area contributed by atoms with Gasteiger partial charge in [0.15, 0.2) is 10.8 Å². The van der Waals surface area contributed by atoms with Crippen molar-refractivity contribution in [2.24, 2.45) is 0 Å². The maximum absolute atomic E-state index is 13.4. The number of pyridine rings is 2. The average molecular weight is 588 g/mol. The molecule has 1 aliphatic heterocycles. The number of hydrogen-bond acceptors (Lipinski definition) is 8. The molecule has 4 aromatic heterocycles. The van der Waals surface area contributed by atoms with Crippen molar-refractivity contribution in [2.45, 2.75) is 19.5 Å². The smallest absolute Gasteiger partial charge is 0.355 e. The van der Waals surface area contributed by atoms with Gasteiger partial charge in [-0.3, -0.25) is 19.8 Å². The lowest BCUT2D eigenvalue weighted by Crippen LogP contribution is -2.33. The quantitative estimate of drug-likeness (QED) is 0.250. The molecule has 11 heteroatoms. The minimum absolute atomic E-state index is 0.0532. The second kappa shape index (κ2) is 11.1. The molecule has 0 saturated carbocycles. The molecule has 0 aliphatic carbocycles. The number of nitrogens with one attached hydrogen (secondary N) is 1. The summed E-state index contributed by atoms with van der Waals surface area (Å²) in [4.78, 5) is 41.2. The van der Waals surface area contributed by atoms with Crippen LogP contribution in [0.4, 0.5) is 10.9 Å². The van der Waals surface area contributed by atoms with Gasteiger partial charge < -0.3 is 10.0 Å². The third-order valence-corrected chi connectivity index (χ3v) is 8.39. The standard InChI is InChI=1S/C32H25N7O3S/c40-30(37-32-35-26-9-1-2-10-27(26)43-32)24-8-5-6-20-13-15-38(19-25(20)24)28-12-11-23(29(36-28)31(41)42)21-16-34-39(17-21)18-22-7-3-4-14-33-22/h1-12,14,16-17H,13,15,18-19H2,(H,41,42)(H,35,37,40). The normalized spacial score (nSPS) is 12.7. The van der Waals surface area contributed by atoms with Crippen LogP contribution in [-0.4, -0.2) is 48.3 Å². The highest BCUT2D eigenvalue weighted by Gasteiger charge is 2.25. The summed E-state index contributed by atoms with van der Waals surface area (Å²) in [5.74, 6) is -0.813. The van der Waals surface area contributed by atoms with E-state index >= 15 is 0 Å². The molecule has 212 valence electrons. The summed E-state index contributed by atoms with van der Waals surface area (Å²) < 4.78 is 2.73. The average Bonchev–Trinajstić information content (AvgIpc) is 3.67. The number of anilines is 2. The molecule has 6 aromatic rings. The van der Waals surface area contributed by atoms with E-state index in [-0.39, 0.29) is 11.6 Å². The minimum atomic E-state index is -1.12. The number of benzene rings is 2. The van der Waals surface area contributed by atoms with Crippen molar-refractivity contribution < 1.29 is 14.7 Å². The number of fused-ring (bicyclic) bond motifs is 2. The van der Waals surface area contributed by atoms with Crippen molar-refractivity contribution in [3.63, 3.8) is 0 Å². The van der Waals surface area contributed by atoms with Crippen LogP contribution in [0.25, 0.3) is 21.3 Å². The lowest BCUT2D eigenvalue weighted by atomic mass is 9.94. The summed E-state index contributed by atoms with van der Waals surface area (Å²) in [5.41, 5.74) is 5.33. The fourth-order valence-corrected chi connectivity index (χ4v) is 6.21. The van der Waals surface area contributed by atoms with Gasteiger partial charge in [0.1, 0.15) is 5.82 Å². The van der Waals surface area contributed by atoms with Crippen LogP contribution in [-0.2, 0) is 19.5 Å².